The topological polar surface area (TPSA) is 0 Å². The van der Waals surface area contributed by atoms with E-state index < -0.39 is 0 Å². The molecule has 0 bridgehead atoms. The van der Waals surface area contributed by atoms with Crippen LogP contribution in [0.15, 0.2) is 48.1 Å². The molecule has 0 N–H and O–H groups in total. The maximum absolute atomic E-state index is 3.78. The van der Waals surface area contributed by atoms with Crippen LogP contribution in [0, 0.1) is 0 Å². The second-order valence-electron chi connectivity index (χ2n) is 2.57. The molecule has 1 rings (SSSR count). The molecule has 100 valence electrons. The van der Waals surface area contributed by atoms with Gasteiger partial charge in [0.05, 0.1) is 0 Å². The van der Waals surface area contributed by atoms with Crippen LogP contribution in [-0.2, 0) is 0 Å². The van der Waals surface area contributed by atoms with Crippen LogP contribution < -0.4 is 0 Å². The summed E-state index contributed by atoms with van der Waals surface area (Å²) >= 11 is 0. The fraction of sp³-hybridized carbons (Fsp3) is 0.529. The second kappa shape index (κ2) is 20.4. The normalized spacial score (nSPS) is 11.9. The third kappa shape index (κ3) is 11.2. The van der Waals surface area contributed by atoms with Crippen molar-refractivity contribution in [2.24, 2.45) is 0 Å². The molecule has 0 spiro atoms. The van der Waals surface area contributed by atoms with E-state index in [-0.39, 0.29) is 0 Å². The van der Waals surface area contributed by atoms with Crippen molar-refractivity contribution in [3.8, 4) is 0 Å². The third-order valence-corrected chi connectivity index (χ3v) is 1.88. The molecule has 0 unspecified atom stereocenters. The SMILES string of the molecule is C=CC1=CC=CCC=C1CC.CC.CC.CC. The van der Waals surface area contributed by atoms with Crippen molar-refractivity contribution < 1.29 is 0 Å². The molecule has 0 aromatic rings. The molecule has 0 aromatic heterocycles. The van der Waals surface area contributed by atoms with Crippen molar-refractivity contribution in [3.63, 3.8) is 0 Å². The van der Waals surface area contributed by atoms with Gasteiger partial charge in [-0.05, 0) is 24.0 Å². The average Bonchev–Trinajstić information content (AvgIpc) is 2.70. The Morgan fingerprint density at radius 2 is 1.65 bits per heavy atom. The molecule has 0 heteroatoms. The Balaban J connectivity index is -0.000000285. The number of allylic oxidation sites excluding steroid dienone is 7. The quantitative estimate of drug-likeness (QED) is 0.515. The first kappa shape index (κ1) is 21.3. The lowest BCUT2D eigenvalue weighted by molar-refractivity contribution is 1.11. The van der Waals surface area contributed by atoms with Crippen LogP contribution in [0.4, 0.5) is 0 Å². The fourth-order valence-electron chi connectivity index (χ4n) is 1.23. The molecule has 0 aromatic carbocycles. The van der Waals surface area contributed by atoms with E-state index in [4.69, 9.17) is 0 Å². The van der Waals surface area contributed by atoms with Crippen molar-refractivity contribution in [1.82, 2.24) is 0 Å². The van der Waals surface area contributed by atoms with E-state index >= 15 is 0 Å². The number of hydrogen-bond donors (Lipinski definition) is 0. The average molecular weight is 236 g/mol. The maximum atomic E-state index is 3.78. The Hall–Kier alpha value is -1.04. The minimum Gasteiger partial charge on any atom is -0.0985 e. The summed E-state index contributed by atoms with van der Waals surface area (Å²) in [5.41, 5.74) is 2.67. The molecule has 0 saturated heterocycles. The van der Waals surface area contributed by atoms with Crippen LogP contribution in [0.1, 0.15) is 61.3 Å². The minimum atomic E-state index is 1.05. The Labute approximate surface area is 110 Å². The highest BCUT2D eigenvalue weighted by Gasteiger charge is 1.98. The van der Waals surface area contributed by atoms with Gasteiger partial charge in [0.15, 0.2) is 0 Å². The van der Waals surface area contributed by atoms with Gasteiger partial charge in [-0.15, -0.1) is 0 Å². The molecule has 1 aliphatic rings. The highest BCUT2D eigenvalue weighted by molar-refractivity contribution is 5.42. The van der Waals surface area contributed by atoms with Crippen LogP contribution in [0.25, 0.3) is 0 Å². The molecule has 17 heavy (non-hydrogen) atoms. The van der Waals surface area contributed by atoms with Crippen molar-refractivity contribution in [3.05, 3.63) is 48.1 Å². The van der Waals surface area contributed by atoms with Gasteiger partial charge in [0, 0.05) is 0 Å². The zero-order valence-electron chi connectivity index (χ0n) is 13.0. The summed E-state index contributed by atoms with van der Waals surface area (Å²) in [6, 6.07) is 0. The first-order valence-corrected chi connectivity index (χ1v) is 7.07. The molecule has 0 aliphatic heterocycles. The zero-order chi connectivity index (χ0) is 14.1. The van der Waals surface area contributed by atoms with Crippen LogP contribution >= 0.6 is 0 Å². The predicted octanol–water partition coefficient (Wildman–Crippen LogP) is 6.47. The van der Waals surface area contributed by atoms with Crippen molar-refractivity contribution in [1.29, 1.82) is 0 Å². The summed E-state index contributed by atoms with van der Waals surface area (Å²) in [6.45, 7) is 18.0. The molecule has 0 amide bonds. The monoisotopic (exact) mass is 236 g/mol. The summed E-state index contributed by atoms with van der Waals surface area (Å²) < 4.78 is 0. The third-order valence-electron chi connectivity index (χ3n) is 1.88. The fourth-order valence-corrected chi connectivity index (χ4v) is 1.23. The van der Waals surface area contributed by atoms with Crippen molar-refractivity contribution in [2.45, 2.75) is 61.3 Å². The Morgan fingerprint density at radius 1 is 1.12 bits per heavy atom. The lowest BCUT2D eigenvalue weighted by atomic mass is 10.0. The van der Waals surface area contributed by atoms with E-state index in [1.807, 2.05) is 47.6 Å². The van der Waals surface area contributed by atoms with Crippen LogP contribution in [0.3, 0.4) is 0 Å². The molecule has 0 atom stereocenters. The van der Waals surface area contributed by atoms with E-state index in [0.29, 0.717) is 0 Å². The molecule has 0 fully saturated rings. The maximum Gasteiger partial charge on any atom is -0.0160 e. The summed E-state index contributed by atoms with van der Waals surface area (Å²) in [7, 11) is 0. The Bertz CT molecular complexity index is 226. The lowest BCUT2D eigenvalue weighted by Gasteiger charge is -2.02. The summed E-state index contributed by atoms with van der Waals surface area (Å²) in [6.07, 6.45) is 12.7. The van der Waals surface area contributed by atoms with Crippen LogP contribution in [-0.4, -0.2) is 0 Å². The van der Waals surface area contributed by atoms with Crippen molar-refractivity contribution >= 4 is 0 Å². The van der Waals surface area contributed by atoms with Gasteiger partial charge in [0.25, 0.3) is 0 Å². The van der Waals surface area contributed by atoms with E-state index in [1.54, 1.807) is 0 Å². The van der Waals surface area contributed by atoms with Gasteiger partial charge in [-0.25, -0.2) is 0 Å². The van der Waals surface area contributed by atoms with Gasteiger partial charge in [0.1, 0.15) is 0 Å². The molecule has 0 saturated carbocycles. The molecule has 1 aliphatic carbocycles. The highest BCUT2D eigenvalue weighted by atomic mass is 14.0. The van der Waals surface area contributed by atoms with Crippen molar-refractivity contribution in [2.75, 3.05) is 0 Å². The first-order chi connectivity index (χ1) is 8.38. The van der Waals surface area contributed by atoms with E-state index in [2.05, 4.69) is 37.8 Å². The van der Waals surface area contributed by atoms with Crippen LogP contribution in [0.2, 0.25) is 0 Å². The smallest absolute Gasteiger partial charge is 0.0160 e. The zero-order valence-corrected chi connectivity index (χ0v) is 13.0. The molecular weight excluding hydrogens is 204 g/mol. The molecule has 0 heterocycles. The van der Waals surface area contributed by atoms with E-state index in [9.17, 15) is 0 Å². The van der Waals surface area contributed by atoms with Gasteiger partial charge < -0.3 is 0 Å². The lowest BCUT2D eigenvalue weighted by Crippen LogP contribution is -1.82. The summed E-state index contributed by atoms with van der Waals surface area (Å²) in [4.78, 5) is 0. The molecule has 0 radical (unpaired) electrons. The van der Waals surface area contributed by atoms with E-state index in [0.717, 1.165) is 12.8 Å². The summed E-state index contributed by atoms with van der Waals surface area (Å²) in [5.74, 6) is 0. The van der Waals surface area contributed by atoms with Gasteiger partial charge in [0.2, 0.25) is 0 Å². The first-order valence-electron chi connectivity index (χ1n) is 7.07. The minimum absolute atomic E-state index is 1.05. The summed E-state index contributed by atoms with van der Waals surface area (Å²) in [5, 5.41) is 0. The Morgan fingerprint density at radius 3 is 2.06 bits per heavy atom. The van der Waals surface area contributed by atoms with Gasteiger partial charge in [-0.2, -0.15) is 0 Å². The van der Waals surface area contributed by atoms with Gasteiger partial charge >= 0.3 is 0 Å². The van der Waals surface area contributed by atoms with Crippen LogP contribution in [0.5, 0.6) is 0 Å². The number of rotatable bonds is 2. The van der Waals surface area contributed by atoms with E-state index in [1.165, 1.54) is 11.1 Å². The molecular formula is C17H32. The second-order valence-corrected chi connectivity index (χ2v) is 2.57. The standard InChI is InChI=1S/C11H14.3C2H6/c1-3-10-8-6-5-7-9-11(10)4-2;3*1-2/h3,5-6,8-9H,1,4,7H2,2H3;3*1-2H3. The largest absolute Gasteiger partial charge is 0.0985 e. The number of hydrogen-bond acceptors (Lipinski definition) is 0. The van der Waals surface area contributed by atoms with Gasteiger partial charge in [-0.1, -0.05) is 85.4 Å². The highest BCUT2D eigenvalue weighted by Crippen LogP contribution is 2.18. The molecule has 0 nitrogen and oxygen atoms in total. The van der Waals surface area contributed by atoms with Gasteiger partial charge in [-0.3, -0.25) is 0 Å². The predicted molar refractivity (Wildman–Crippen MR) is 84.5 cm³/mol. The Kier molecular flexibility index (Phi) is 25.5.